The summed E-state index contributed by atoms with van der Waals surface area (Å²) in [4.78, 5) is 21.8. The molecule has 4 rings (SSSR count). The smallest absolute Gasteiger partial charge is 0.255 e. The molecule has 4 aromatic rings. The standard InChI is InChI=1S/C27H26N4O/c1-20-7-5-8-21(17-20)14-16-29-26-24(27(32)30-19-22-9-6-15-28-18-22)12-13-25(31-26)23-10-3-2-4-11-23/h2-13,15,17-18H,14,16,19H2,1H3,(H,29,31)(H,30,32). The maximum atomic E-state index is 13.0. The summed E-state index contributed by atoms with van der Waals surface area (Å²) < 4.78 is 0. The van der Waals surface area contributed by atoms with Gasteiger partial charge in [-0.25, -0.2) is 4.98 Å². The highest BCUT2D eigenvalue weighted by Gasteiger charge is 2.14. The molecule has 0 aliphatic rings. The largest absolute Gasteiger partial charge is 0.369 e. The van der Waals surface area contributed by atoms with Crippen molar-refractivity contribution >= 4 is 11.7 Å². The van der Waals surface area contributed by atoms with Crippen LogP contribution < -0.4 is 10.6 Å². The Bertz CT molecular complexity index is 1180. The molecule has 160 valence electrons. The van der Waals surface area contributed by atoms with Gasteiger partial charge < -0.3 is 10.6 Å². The van der Waals surface area contributed by atoms with E-state index < -0.39 is 0 Å². The minimum atomic E-state index is -0.168. The van der Waals surface area contributed by atoms with E-state index >= 15 is 0 Å². The Balaban J connectivity index is 1.53. The summed E-state index contributed by atoms with van der Waals surface area (Å²) in [5.41, 5.74) is 5.80. The number of aromatic nitrogens is 2. The molecule has 0 aliphatic carbocycles. The second kappa shape index (κ2) is 10.4. The van der Waals surface area contributed by atoms with Gasteiger partial charge in [0.15, 0.2) is 0 Å². The first-order chi connectivity index (χ1) is 15.7. The highest BCUT2D eigenvalue weighted by Crippen LogP contribution is 2.22. The molecule has 2 aromatic heterocycles. The average Bonchev–Trinajstić information content (AvgIpc) is 2.84. The monoisotopic (exact) mass is 422 g/mol. The van der Waals surface area contributed by atoms with Gasteiger partial charge in [-0.3, -0.25) is 9.78 Å². The van der Waals surface area contributed by atoms with E-state index in [0.717, 1.165) is 23.2 Å². The summed E-state index contributed by atoms with van der Waals surface area (Å²) in [6.45, 7) is 3.18. The van der Waals surface area contributed by atoms with Crippen LogP contribution in [0, 0.1) is 6.92 Å². The number of pyridine rings is 2. The lowest BCUT2D eigenvalue weighted by Crippen LogP contribution is -2.24. The lowest BCUT2D eigenvalue weighted by Gasteiger charge is -2.14. The summed E-state index contributed by atoms with van der Waals surface area (Å²) in [6, 6.07) is 25.9. The molecule has 0 unspecified atom stereocenters. The van der Waals surface area contributed by atoms with Gasteiger partial charge in [0.2, 0.25) is 0 Å². The maximum Gasteiger partial charge on any atom is 0.255 e. The predicted molar refractivity (Wildman–Crippen MR) is 128 cm³/mol. The first-order valence-corrected chi connectivity index (χ1v) is 10.7. The summed E-state index contributed by atoms with van der Waals surface area (Å²) in [6.07, 6.45) is 4.31. The molecule has 1 amide bonds. The van der Waals surface area contributed by atoms with Gasteiger partial charge in [-0.1, -0.05) is 66.2 Å². The van der Waals surface area contributed by atoms with E-state index in [9.17, 15) is 4.79 Å². The topological polar surface area (TPSA) is 66.9 Å². The maximum absolute atomic E-state index is 13.0. The van der Waals surface area contributed by atoms with Gasteiger partial charge in [0, 0.05) is 31.0 Å². The fraction of sp³-hybridized carbons (Fsp3) is 0.148. The molecular weight excluding hydrogens is 396 g/mol. The van der Waals surface area contributed by atoms with Crippen molar-refractivity contribution in [2.75, 3.05) is 11.9 Å². The zero-order valence-electron chi connectivity index (χ0n) is 18.1. The summed E-state index contributed by atoms with van der Waals surface area (Å²) in [5, 5.41) is 6.36. The average molecular weight is 423 g/mol. The van der Waals surface area contributed by atoms with Crippen molar-refractivity contribution < 1.29 is 4.79 Å². The van der Waals surface area contributed by atoms with Crippen LogP contribution in [0.2, 0.25) is 0 Å². The zero-order valence-corrected chi connectivity index (χ0v) is 18.1. The van der Waals surface area contributed by atoms with Gasteiger partial charge in [-0.05, 0) is 42.7 Å². The van der Waals surface area contributed by atoms with E-state index in [1.54, 1.807) is 12.4 Å². The van der Waals surface area contributed by atoms with Crippen molar-refractivity contribution in [1.82, 2.24) is 15.3 Å². The molecule has 5 nitrogen and oxygen atoms in total. The number of rotatable bonds is 8. The lowest BCUT2D eigenvalue weighted by molar-refractivity contribution is 0.0951. The fourth-order valence-electron chi connectivity index (χ4n) is 3.52. The third kappa shape index (κ3) is 5.58. The number of amides is 1. The van der Waals surface area contributed by atoms with E-state index in [0.29, 0.717) is 24.5 Å². The Morgan fingerprint density at radius 1 is 0.906 bits per heavy atom. The molecule has 0 atom stereocenters. The van der Waals surface area contributed by atoms with E-state index in [1.165, 1.54) is 11.1 Å². The highest BCUT2D eigenvalue weighted by molar-refractivity contribution is 5.99. The SMILES string of the molecule is Cc1cccc(CCNc2nc(-c3ccccc3)ccc2C(=O)NCc2cccnc2)c1. The van der Waals surface area contributed by atoms with Crippen LogP contribution in [0.3, 0.4) is 0 Å². The number of nitrogens with one attached hydrogen (secondary N) is 2. The molecule has 0 bridgehead atoms. The van der Waals surface area contributed by atoms with E-state index in [4.69, 9.17) is 4.98 Å². The Kier molecular flexibility index (Phi) is 6.88. The van der Waals surface area contributed by atoms with Crippen LogP contribution in [0.1, 0.15) is 27.0 Å². The number of hydrogen-bond acceptors (Lipinski definition) is 4. The van der Waals surface area contributed by atoms with Gasteiger partial charge in [0.25, 0.3) is 5.91 Å². The van der Waals surface area contributed by atoms with Gasteiger partial charge >= 0.3 is 0 Å². The molecule has 2 N–H and O–H groups in total. The van der Waals surface area contributed by atoms with Crippen molar-refractivity contribution in [1.29, 1.82) is 0 Å². The van der Waals surface area contributed by atoms with Gasteiger partial charge in [-0.15, -0.1) is 0 Å². The van der Waals surface area contributed by atoms with E-state index in [1.807, 2.05) is 54.6 Å². The van der Waals surface area contributed by atoms with Crippen LogP contribution in [0.5, 0.6) is 0 Å². The molecule has 32 heavy (non-hydrogen) atoms. The van der Waals surface area contributed by atoms with Gasteiger partial charge in [0.05, 0.1) is 11.3 Å². The predicted octanol–water partition coefficient (Wildman–Crippen LogP) is 5.04. The lowest BCUT2D eigenvalue weighted by atomic mass is 10.1. The van der Waals surface area contributed by atoms with Gasteiger partial charge in [0.1, 0.15) is 5.82 Å². The van der Waals surface area contributed by atoms with Crippen LogP contribution in [0.25, 0.3) is 11.3 Å². The third-order valence-electron chi connectivity index (χ3n) is 5.17. The molecule has 2 aromatic carbocycles. The Morgan fingerprint density at radius 2 is 1.75 bits per heavy atom. The Morgan fingerprint density at radius 3 is 2.53 bits per heavy atom. The molecule has 5 heteroatoms. The van der Waals surface area contributed by atoms with E-state index in [-0.39, 0.29) is 5.91 Å². The Labute approximate surface area is 188 Å². The van der Waals surface area contributed by atoms with Gasteiger partial charge in [-0.2, -0.15) is 0 Å². The summed E-state index contributed by atoms with van der Waals surface area (Å²) in [7, 11) is 0. The molecule has 0 saturated carbocycles. The minimum Gasteiger partial charge on any atom is -0.369 e. The quantitative estimate of drug-likeness (QED) is 0.418. The molecular formula is C27H26N4O. The first kappa shape index (κ1) is 21.2. The number of nitrogens with zero attached hydrogens (tertiary/aromatic N) is 2. The van der Waals surface area contributed by atoms with Crippen LogP contribution in [0.4, 0.5) is 5.82 Å². The third-order valence-corrected chi connectivity index (χ3v) is 5.17. The fourth-order valence-corrected chi connectivity index (χ4v) is 3.52. The van der Waals surface area contributed by atoms with Crippen molar-refractivity contribution in [2.45, 2.75) is 19.9 Å². The molecule has 0 saturated heterocycles. The first-order valence-electron chi connectivity index (χ1n) is 10.7. The summed E-state index contributed by atoms with van der Waals surface area (Å²) in [5.74, 6) is 0.418. The normalized spacial score (nSPS) is 10.5. The van der Waals surface area contributed by atoms with Crippen LogP contribution in [-0.4, -0.2) is 22.4 Å². The van der Waals surface area contributed by atoms with Crippen LogP contribution in [0.15, 0.2) is 91.3 Å². The molecule has 0 radical (unpaired) electrons. The number of aryl methyl sites for hydroxylation is 1. The zero-order chi connectivity index (χ0) is 22.2. The number of anilines is 1. The van der Waals surface area contributed by atoms with Crippen molar-refractivity contribution in [3.05, 3.63) is 114 Å². The van der Waals surface area contributed by atoms with Crippen molar-refractivity contribution in [3.8, 4) is 11.3 Å². The van der Waals surface area contributed by atoms with Crippen molar-refractivity contribution in [3.63, 3.8) is 0 Å². The second-order valence-electron chi connectivity index (χ2n) is 7.67. The van der Waals surface area contributed by atoms with E-state index in [2.05, 4.69) is 46.8 Å². The minimum absolute atomic E-state index is 0.168. The Hall–Kier alpha value is -3.99. The molecule has 0 fully saturated rings. The molecule has 0 spiro atoms. The number of carbonyl (C=O) groups is 1. The number of carbonyl (C=O) groups excluding carboxylic acids is 1. The molecule has 2 heterocycles. The van der Waals surface area contributed by atoms with Crippen LogP contribution in [-0.2, 0) is 13.0 Å². The van der Waals surface area contributed by atoms with Crippen molar-refractivity contribution in [2.24, 2.45) is 0 Å². The van der Waals surface area contributed by atoms with Crippen LogP contribution >= 0.6 is 0 Å². The summed E-state index contributed by atoms with van der Waals surface area (Å²) >= 11 is 0. The number of hydrogen-bond donors (Lipinski definition) is 2. The number of benzene rings is 2. The molecule has 0 aliphatic heterocycles. The second-order valence-corrected chi connectivity index (χ2v) is 7.67. The highest BCUT2D eigenvalue weighted by atomic mass is 16.1.